The number of fused-ring (bicyclic) bond motifs is 13. The number of nitrogens with zero attached hydrogens (tertiary/aromatic N) is 2. The molecule has 13 rings (SSSR count). The maximum absolute atomic E-state index is 2.49. The molecule has 1 aliphatic heterocycles. The average molecular weight is 793 g/mol. The highest BCUT2D eigenvalue weighted by molar-refractivity contribution is 6.11. The van der Waals surface area contributed by atoms with Gasteiger partial charge < -0.3 is 9.47 Å². The Morgan fingerprint density at radius 1 is 0.355 bits per heavy atom. The highest BCUT2D eigenvalue weighted by Gasteiger charge is 2.39. The SMILES string of the molecule is CC1(C)c2cc(-n3c4ccccc4c4cc(-c5ccc6c(c5)C(C)(C)c5c(ccc7ccccc57)N6c5ccc6ccccc6c5)ccc43)ccc2-c2c1ccc1ccccc21. The molecule has 0 bridgehead atoms. The first kappa shape index (κ1) is 35.3. The van der Waals surface area contributed by atoms with Crippen LogP contribution in [0.1, 0.15) is 49.9 Å². The summed E-state index contributed by atoms with van der Waals surface area (Å²) in [5.41, 5.74) is 17.5. The van der Waals surface area contributed by atoms with E-state index in [9.17, 15) is 0 Å². The van der Waals surface area contributed by atoms with Crippen molar-refractivity contribution in [3.05, 3.63) is 216 Å². The zero-order chi connectivity index (χ0) is 41.5. The van der Waals surface area contributed by atoms with Gasteiger partial charge in [0.05, 0.1) is 22.4 Å². The Hall–Kier alpha value is -7.42. The standard InChI is InChI=1S/C60H44N2/c1-59(2)50-29-22-38-14-7-9-17-45(38)57(50)48-28-27-44(36-51(48)59)61-53-20-12-11-19-47(53)49-34-41(24-30-54(49)61)42-25-31-55-52(35-42)60(3,4)58-46-18-10-8-15-39(46)23-32-56(58)62(55)43-26-21-37-13-5-6-16-40(37)33-43/h5-36H,1-4H3. The quantitative estimate of drug-likeness (QED) is 0.173. The number of para-hydroxylation sites is 1. The van der Waals surface area contributed by atoms with Gasteiger partial charge in [0.2, 0.25) is 0 Å². The Balaban J connectivity index is 0.975. The van der Waals surface area contributed by atoms with Gasteiger partial charge in [-0.05, 0) is 137 Å². The summed E-state index contributed by atoms with van der Waals surface area (Å²) in [7, 11) is 0. The number of hydrogen-bond donors (Lipinski definition) is 0. The average Bonchev–Trinajstić information content (AvgIpc) is 3.76. The second-order valence-corrected chi connectivity index (χ2v) is 18.6. The molecule has 2 heteroatoms. The van der Waals surface area contributed by atoms with E-state index in [1.54, 1.807) is 0 Å². The molecule has 0 unspecified atom stereocenters. The molecule has 0 atom stereocenters. The van der Waals surface area contributed by atoms with Crippen molar-refractivity contribution in [3.63, 3.8) is 0 Å². The number of aromatic nitrogens is 1. The molecule has 0 saturated carbocycles. The van der Waals surface area contributed by atoms with Crippen LogP contribution >= 0.6 is 0 Å². The zero-order valence-electron chi connectivity index (χ0n) is 35.4. The van der Waals surface area contributed by atoms with Crippen molar-refractivity contribution in [2.75, 3.05) is 4.90 Å². The van der Waals surface area contributed by atoms with Gasteiger partial charge in [-0.15, -0.1) is 0 Å². The number of rotatable bonds is 3. The minimum atomic E-state index is -0.262. The Bertz CT molecular complexity index is 3710. The molecule has 0 N–H and O–H groups in total. The van der Waals surface area contributed by atoms with Gasteiger partial charge in [-0.2, -0.15) is 0 Å². The van der Waals surface area contributed by atoms with E-state index in [4.69, 9.17) is 0 Å². The van der Waals surface area contributed by atoms with Crippen molar-refractivity contribution >= 4 is 71.2 Å². The lowest BCUT2D eigenvalue weighted by atomic mass is 9.71. The third-order valence-electron chi connectivity index (χ3n) is 14.5. The van der Waals surface area contributed by atoms with Crippen LogP contribution in [0.15, 0.2) is 194 Å². The predicted molar refractivity (Wildman–Crippen MR) is 263 cm³/mol. The molecule has 2 heterocycles. The van der Waals surface area contributed by atoms with Gasteiger partial charge >= 0.3 is 0 Å². The molecule has 62 heavy (non-hydrogen) atoms. The fraction of sp³-hybridized carbons (Fsp3) is 0.100. The minimum Gasteiger partial charge on any atom is -0.310 e. The fourth-order valence-electron chi connectivity index (χ4n) is 11.4. The molecule has 0 spiro atoms. The van der Waals surface area contributed by atoms with Crippen LogP contribution in [0.25, 0.3) is 82.1 Å². The summed E-state index contributed by atoms with van der Waals surface area (Å²) in [5, 5.41) is 10.2. The van der Waals surface area contributed by atoms with Gasteiger partial charge in [0.1, 0.15) is 0 Å². The Labute approximate surface area is 361 Å². The second-order valence-electron chi connectivity index (χ2n) is 18.6. The summed E-state index contributed by atoms with van der Waals surface area (Å²) < 4.78 is 2.48. The molecule has 294 valence electrons. The molecule has 0 fully saturated rings. The second kappa shape index (κ2) is 12.6. The van der Waals surface area contributed by atoms with Crippen LogP contribution in [0, 0.1) is 0 Å². The third kappa shape index (κ3) is 4.81. The van der Waals surface area contributed by atoms with E-state index >= 15 is 0 Å². The zero-order valence-corrected chi connectivity index (χ0v) is 35.4. The molecular formula is C60H44N2. The van der Waals surface area contributed by atoms with Crippen molar-refractivity contribution < 1.29 is 0 Å². The highest BCUT2D eigenvalue weighted by Crippen LogP contribution is 2.56. The first-order chi connectivity index (χ1) is 30.3. The lowest BCUT2D eigenvalue weighted by molar-refractivity contribution is 0.638. The summed E-state index contributed by atoms with van der Waals surface area (Å²) in [6, 6.07) is 72.9. The van der Waals surface area contributed by atoms with Crippen molar-refractivity contribution in [3.8, 4) is 27.9 Å². The van der Waals surface area contributed by atoms with Crippen molar-refractivity contribution in [2.45, 2.75) is 38.5 Å². The van der Waals surface area contributed by atoms with E-state index in [1.807, 2.05) is 0 Å². The molecule has 10 aromatic carbocycles. The van der Waals surface area contributed by atoms with E-state index in [-0.39, 0.29) is 10.8 Å². The van der Waals surface area contributed by atoms with Crippen LogP contribution in [0.3, 0.4) is 0 Å². The predicted octanol–water partition coefficient (Wildman–Crippen LogP) is 16.3. The number of benzene rings is 10. The van der Waals surface area contributed by atoms with E-state index < -0.39 is 0 Å². The van der Waals surface area contributed by atoms with E-state index in [0.717, 1.165) is 0 Å². The Morgan fingerprint density at radius 3 is 1.81 bits per heavy atom. The Morgan fingerprint density at radius 2 is 0.968 bits per heavy atom. The molecular weight excluding hydrogens is 749 g/mol. The normalized spacial score (nSPS) is 14.7. The summed E-state index contributed by atoms with van der Waals surface area (Å²) >= 11 is 0. The van der Waals surface area contributed by atoms with Crippen molar-refractivity contribution in [1.29, 1.82) is 0 Å². The van der Waals surface area contributed by atoms with Crippen LogP contribution in [0.2, 0.25) is 0 Å². The molecule has 2 nitrogen and oxygen atoms in total. The number of anilines is 3. The van der Waals surface area contributed by atoms with Crippen LogP contribution in [-0.4, -0.2) is 4.57 Å². The van der Waals surface area contributed by atoms with Crippen LogP contribution in [0.5, 0.6) is 0 Å². The molecule has 1 aromatic heterocycles. The van der Waals surface area contributed by atoms with Crippen molar-refractivity contribution in [2.24, 2.45) is 0 Å². The van der Waals surface area contributed by atoms with Crippen LogP contribution in [0.4, 0.5) is 17.1 Å². The van der Waals surface area contributed by atoms with E-state index in [1.165, 1.54) is 121 Å². The molecule has 0 amide bonds. The van der Waals surface area contributed by atoms with Gasteiger partial charge in [0, 0.05) is 33.0 Å². The van der Waals surface area contributed by atoms with Gasteiger partial charge in [0.25, 0.3) is 0 Å². The van der Waals surface area contributed by atoms with E-state index in [0.29, 0.717) is 0 Å². The maximum Gasteiger partial charge on any atom is 0.0541 e. The maximum atomic E-state index is 2.49. The molecule has 11 aromatic rings. The van der Waals surface area contributed by atoms with Gasteiger partial charge in [-0.3, -0.25) is 0 Å². The molecule has 0 saturated heterocycles. The largest absolute Gasteiger partial charge is 0.310 e. The molecule has 0 radical (unpaired) electrons. The Kier molecular flexibility index (Phi) is 7.16. The fourth-order valence-corrected chi connectivity index (χ4v) is 11.4. The highest BCUT2D eigenvalue weighted by atomic mass is 15.2. The lowest BCUT2D eigenvalue weighted by Gasteiger charge is -2.43. The summed E-state index contributed by atoms with van der Waals surface area (Å²) in [4.78, 5) is 2.49. The monoisotopic (exact) mass is 792 g/mol. The summed E-state index contributed by atoms with van der Waals surface area (Å²) in [6.45, 7) is 9.59. The summed E-state index contributed by atoms with van der Waals surface area (Å²) in [6.07, 6.45) is 0. The van der Waals surface area contributed by atoms with Gasteiger partial charge in [-0.25, -0.2) is 0 Å². The van der Waals surface area contributed by atoms with Crippen LogP contribution < -0.4 is 4.90 Å². The molecule has 1 aliphatic carbocycles. The first-order valence-electron chi connectivity index (χ1n) is 21.9. The van der Waals surface area contributed by atoms with Gasteiger partial charge in [0.15, 0.2) is 0 Å². The third-order valence-corrected chi connectivity index (χ3v) is 14.5. The minimum absolute atomic E-state index is 0.118. The summed E-state index contributed by atoms with van der Waals surface area (Å²) in [5.74, 6) is 0. The number of hydrogen-bond acceptors (Lipinski definition) is 1. The van der Waals surface area contributed by atoms with Crippen LogP contribution in [-0.2, 0) is 10.8 Å². The van der Waals surface area contributed by atoms with E-state index in [2.05, 4.69) is 231 Å². The topological polar surface area (TPSA) is 8.17 Å². The van der Waals surface area contributed by atoms with Crippen molar-refractivity contribution in [1.82, 2.24) is 4.57 Å². The first-order valence-corrected chi connectivity index (χ1v) is 21.9. The lowest BCUT2D eigenvalue weighted by Crippen LogP contribution is -2.31. The van der Waals surface area contributed by atoms with Gasteiger partial charge in [-0.1, -0.05) is 161 Å². The molecule has 2 aliphatic rings. The smallest absolute Gasteiger partial charge is 0.0541 e.